The number of aromatic nitrogens is 1. The fraction of sp³-hybridized carbons (Fsp3) is 0.0508. The van der Waals surface area contributed by atoms with Gasteiger partial charge in [0.15, 0.2) is 0 Å². The summed E-state index contributed by atoms with van der Waals surface area (Å²) in [5.74, 6) is 0. The second kappa shape index (κ2) is 13.7. The normalized spacial score (nSPS) is 12.9. The fourth-order valence-electron chi connectivity index (χ4n) is 10.2. The maximum Gasteiger partial charge on any atom is 0.0547 e. The van der Waals surface area contributed by atoms with E-state index >= 15 is 0 Å². The third-order valence-corrected chi connectivity index (χ3v) is 13.2. The maximum atomic E-state index is 2.47. The van der Waals surface area contributed by atoms with Crippen molar-refractivity contribution in [3.05, 3.63) is 230 Å². The van der Waals surface area contributed by atoms with Gasteiger partial charge in [-0.05, 0) is 121 Å². The zero-order chi connectivity index (χ0) is 40.7. The molecule has 0 amide bonds. The summed E-state index contributed by atoms with van der Waals surface area (Å²) in [5, 5.41) is 7.57. The number of anilines is 3. The summed E-state index contributed by atoms with van der Waals surface area (Å²) in [7, 11) is 0. The van der Waals surface area contributed by atoms with Gasteiger partial charge < -0.3 is 9.47 Å². The van der Waals surface area contributed by atoms with Crippen LogP contribution >= 0.6 is 0 Å². The molecule has 12 rings (SSSR count). The Morgan fingerprint density at radius 2 is 0.934 bits per heavy atom. The van der Waals surface area contributed by atoms with E-state index in [-0.39, 0.29) is 5.41 Å². The van der Waals surface area contributed by atoms with Crippen molar-refractivity contribution in [2.75, 3.05) is 4.90 Å². The Hall–Kier alpha value is -7.68. The summed E-state index contributed by atoms with van der Waals surface area (Å²) in [6, 6.07) is 80.4. The van der Waals surface area contributed by atoms with Gasteiger partial charge in [0.05, 0.1) is 16.7 Å². The van der Waals surface area contributed by atoms with Crippen molar-refractivity contribution in [2.24, 2.45) is 0 Å². The number of nitrogens with zero attached hydrogens (tertiary/aromatic N) is 2. The van der Waals surface area contributed by atoms with Crippen LogP contribution in [0.15, 0.2) is 218 Å². The topological polar surface area (TPSA) is 8.17 Å². The molecule has 0 atom stereocenters. The molecule has 0 unspecified atom stereocenters. The maximum absolute atomic E-state index is 2.47. The van der Waals surface area contributed by atoms with Crippen LogP contribution in [0.3, 0.4) is 0 Å². The summed E-state index contributed by atoms with van der Waals surface area (Å²) >= 11 is 0. The average molecular weight is 779 g/mol. The molecule has 0 saturated carbocycles. The highest BCUT2D eigenvalue weighted by Crippen LogP contribution is 2.51. The van der Waals surface area contributed by atoms with Crippen molar-refractivity contribution in [2.45, 2.75) is 19.3 Å². The molecule has 0 N–H and O–H groups in total. The number of rotatable bonds is 6. The highest BCUT2D eigenvalue weighted by atomic mass is 15.1. The molecule has 1 aromatic heterocycles. The van der Waals surface area contributed by atoms with Crippen molar-refractivity contribution in [1.82, 2.24) is 4.57 Å². The molecule has 2 nitrogen and oxygen atoms in total. The Kier molecular flexibility index (Phi) is 7.92. The lowest BCUT2D eigenvalue weighted by molar-refractivity contribution is 0.660. The van der Waals surface area contributed by atoms with Crippen LogP contribution in [0.4, 0.5) is 17.1 Å². The lowest BCUT2D eigenvalue weighted by Gasteiger charge is -2.28. The second-order valence-electron chi connectivity index (χ2n) is 16.9. The summed E-state index contributed by atoms with van der Waals surface area (Å²) in [6.45, 7) is 4.70. The zero-order valence-corrected chi connectivity index (χ0v) is 34.2. The van der Waals surface area contributed by atoms with E-state index in [1.165, 1.54) is 87.9 Å². The minimum Gasteiger partial charge on any atom is -0.310 e. The molecular formula is C59H42N2. The largest absolute Gasteiger partial charge is 0.310 e. The average Bonchev–Trinajstić information content (AvgIpc) is 3.77. The van der Waals surface area contributed by atoms with Crippen molar-refractivity contribution < 1.29 is 0 Å². The molecule has 11 aromatic rings. The van der Waals surface area contributed by atoms with Crippen molar-refractivity contribution >= 4 is 60.4 Å². The van der Waals surface area contributed by atoms with Crippen LogP contribution < -0.4 is 4.90 Å². The quantitative estimate of drug-likeness (QED) is 0.153. The Balaban J connectivity index is 0.991. The lowest BCUT2D eigenvalue weighted by atomic mass is 9.82. The Labute approximate surface area is 356 Å². The van der Waals surface area contributed by atoms with Crippen LogP contribution in [0, 0.1) is 0 Å². The summed E-state index contributed by atoms with van der Waals surface area (Å²) in [6.07, 6.45) is 0. The predicted octanol–water partition coefficient (Wildman–Crippen LogP) is 16.2. The van der Waals surface area contributed by atoms with Gasteiger partial charge in [-0.2, -0.15) is 0 Å². The molecule has 2 heteroatoms. The highest BCUT2D eigenvalue weighted by molar-refractivity contribution is 6.15. The molecule has 0 bridgehead atoms. The lowest BCUT2D eigenvalue weighted by Crippen LogP contribution is -2.16. The molecule has 0 fully saturated rings. The van der Waals surface area contributed by atoms with Crippen LogP contribution in [0.2, 0.25) is 0 Å². The molecule has 0 spiro atoms. The van der Waals surface area contributed by atoms with Crippen molar-refractivity contribution in [3.8, 4) is 39.1 Å². The molecule has 1 heterocycles. The third kappa shape index (κ3) is 5.49. The molecule has 1 aliphatic rings. The van der Waals surface area contributed by atoms with E-state index in [1.807, 2.05) is 0 Å². The third-order valence-electron chi connectivity index (χ3n) is 13.2. The van der Waals surface area contributed by atoms with Gasteiger partial charge in [0, 0.05) is 38.8 Å². The first-order chi connectivity index (χ1) is 30.0. The molecular weight excluding hydrogens is 737 g/mol. The molecule has 0 aliphatic heterocycles. The minimum absolute atomic E-state index is 0.0886. The molecule has 10 aromatic carbocycles. The van der Waals surface area contributed by atoms with Crippen LogP contribution in [0.25, 0.3) is 82.4 Å². The Morgan fingerprint density at radius 3 is 1.77 bits per heavy atom. The van der Waals surface area contributed by atoms with Crippen molar-refractivity contribution in [1.29, 1.82) is 0 Å². The summed E-state index contributed by atoms with van der Waals surface area (Å²) < 4.78 is 2.47. The zero-order valence-electron chi connectivity index (χ0n) is 34.2. The van der Waals surface area contributed by atoms with Crippen LogP contribution in [-0.2, 0) is 5.41 Å². The predicted molar refractivity (Wildman–Crippen MR) is 259 cm³/mol. The number of fused-ring (bicyclic) bond motifs is 9. The summed E-state index contributed by atoms with van der Waals surface area (Å²) in [5.41, 5.74) is 17.1. The van der Waals surface area contributed by atoms with E-state index in [4.69, 9.17) is 0 Å². The van der Waals surface area contributed by atoms with Gasteiger partial charge in [0.1, 0.15) is 0 Å². The van der Waals surface area contributed by atoms with Crippen LogP contribution in [0.1, 0.15) is 25.0 Å². The number of hydrogen-bond donors (Lipinski definition) is 0. The van der Waals surface area contributed by atoms with Gasteiger partial charge >= 0.3 is 0 Å². The molecule has 61 heavy (non-hydrogen) atoms. The first-order valence-corrected chi connectivity index (χ1v) is 21.3. The van der Waals surface area contributed by atoms with E-state index in [0.29, 0.717) is 0 Å². The Bertz CT molecular complexity index is 3500. The van der Waals surface area contributed by atoms with E-state index < -0.39 is 0 Å². The van der Waals surface area contributed by atoms with Crippen molar-refractivity contribution in [3.63, 3.8) is 0 Å². The number of para-hydroxylation sites is 3. The van der Waals surface area contributed by atoms with Crippen LogP contribution in [0.5, 0.6) is 0 Å². The first-order valence-electron chi connectivity index (χ1n) is 21.3. The molecule has 0 radical (unpaired) electrons. The molecule has 288 valence electrons. The smallest absolute Gasteiger partial charge is 0.0547 e. The second-order valence-corrected chi connectivity index (χ2v) is 16.9. The highest BCUT2D eigenvalue weighted by Gasteiger charge is 2.35. The molecule has 1 aliphatic carbocycles. The van der Waals surface area contributed by atoms with Gasteiger partial charge in [0.25, 0.3) is 0 Å². The van der Waals surface area contributed by atoms with E-state index in [1.54, 1.807) is 0 Å². The number of hydrogen-bond acceptors (Lipinski definition) is 1. The Morgan fingerprint density at radius 1 is 0.344 bits per heavy atom. The summed E-state index contributed by atoms with van der Waals surface area (Å²) in [4.78, 5) is 2.39. The van der Waals surface area contributed by atoms with Gasteiger partial charge in [-0.15, -0.1) is 0 Å². The van der Waals surface area contributed by atoms with Crippen LogP contribution in [-0.4, -0.2) is 4.57 Å². The number of benzene rings is 10. The van der Waals surface area contributed by atoms with Gasteiger partial charge in [-0.25, -0.2) is 0 Å². The SMILES string of the molecule is CC1(C)c2ccccc2-c2ccc(N(c3ccccc3)c3ccc(-c4ccccc4-n4c5ccccc5c5ccc(-c6cc7ccccc7c7ccccc67)cc54)cc3)cc21. The van der Waals surface area contributed by atoms with E-state index in [2.05, 4.69) is 242 Å². The van der Waals surface area contributed by atoms with Gasteiger partial charge in [-0.3, -0.25) is 0 Å². The van der Waals surface area contributed by atoms with Gasteiger partial charge in [0.2, 0.25) is 0 Å². The minimum atomic E-state index is -0.0886. The fourth-order valence-corrected chi connectivity index (χ4v) is 10.2. The van der Waals surface area contributed by atoms with E-state index in [9.17, 15) is 0 Å². The van der Waals surface area contributed by atoms with E-state index in [0.717, 1.165) is 22.7 Å². The van der Waals surface area contributed by atoms with Gasteiger partial charge in [-0.1, -0.05) is 172 Å². The molecule has 0 saturated heterocycles. The first kappa shape index (κ1) is 35.3. The monoisotopic (exact) mass is 778 g/mol. The standard InChI is InChI=1S/C59H42N2/c1-59(2)54-25-13-10-23-49(54)50-35-33-44(38-55(50)59)60(42-17-4-3-5-18-42)43-31-28-39(29-32-43)46-20-11-14-26-56(46)61-57-27-15-12-24-51(57)52-34-30-41(37-58(52)61)53-36-40-16-6-7-19-45(40)47-21-8-9-22-48(47)53/h3-38H,1-2H3.